The minimum Gasteiger partial charge on any atom is -0.367 e. The van der Waals surface area contributed by atoms with E-state index in [2.05, 4.69) is 41.5 Å². The van der Waals surface area contributed by atoms with Crippen molar-refractivity contribution in [3.8, 4) is 0 Å². The number of hydrogen-bond donors (Lipinski definition) is 3. The van der Waals surface area contributed by atoms with E-state index in [1.54, 1.807) is 0 Å². The molecule has 1 rings (SSSR count). The summed E-state index contributed by atoms with van der Waals surface area (Å²) in [5.74, 6) is 8.23. The number of anilines is 2. The Morgan fingerprint density at radius 2 is 1.94 bits per heavy atom. The van der Waals surface area contributed by atoms with Crippen LogP contribution in [0.2, 0.25) is 0 Å². The van der Waals surface area contributed by atoms with E-state index in [1.807, 2.05) is 13.0 Å². The predicted octanol–water partition coefficient (Wildman–Crippen LogP) is 2.31. The zero-order chi connectivity index (χ0) is 12.8. The lowest BCUT2D eigenvalue weighted by Gasteiger charge is -2.18. The van der Waals surface area contributed by atoms with Crippen molar-refractivity contribution in [3.63, 3.8) is 0 Å². The van der Waals surface area contributed by atoms with Crippen molar-refractivity contribution in [2.24, 2.45) is 11.8 Å². The average molecular weight is 237 g/mol. The molecule has 1 aromatic rings. The fourth-order valence-electron chi connectivity index (χ4n) is 1.80. The van der Waals surface area contributed by atoms with E-state index in [0.29, 0.717) is 23.6 Å². The number of nitrogens with one attached hydrogen (secondary N) is 2. The molecule has 0 aliphatic heterocycles. The summed E-state index contributed by atoms with van der Waals surface area (Å²) >= 11 is 0. The van der Waals surface area contributed by atoms with Gasteiger partial charge in [0.2, 0.25) is 0 Å². The van der Waals surface area contributed by atoms with Crippen molar-refractivity contribution in [1.82, 2.24) is 9.97 Å². The monoisotopic (exact) mass is 237 g/mol. The van der Waals surface area contributed by atoms with E-state index in [1.165, 1.54) is 6.42 Å². The molecule has 0 amide bonds. The maximum atomic E-state index is 5.35. The van der Waals surface area contributed by atoms with Gasteiger partial charge in [-0.05, 0) is 26.2 Å². The molecule has 0 bridgehead atoms. The van der Waals surface area contributed by atoms with E-state index in [-0.39, 0.29) is 0 Å². The first kappa shape index (κ1) is 13.7. The molecule has 2 atom stereocenters. The summed E-state index contributed by atoms with van der Waals surface area (Å²) in [6.45, 7) is 8.49. The summed E-state index contributed by atoms with van der Waals surface area (Å²) in [6.07, 6.45) is 2.33. The molecule has 0 saturated carbocycles. The second-order valence-electron chi connectivity index (χ2n) is 4.62. The molecule has 4 N–H and O–H groups in total. The first-order valence-corrected chi connectivity index (χ1v) is 6.14. The summed E-state index contributed by atoms with van der Waals surface area (Å²) < 4.78 is 0. The van der Waals surface area contributed by atoms with Gasteiger partial charge < -0.3 is 10.7 Å². The summed E-state index contributed by atoms with van der Waals surface area (Å²) in [5, 5.41) is 3.38. The highest BCUT2D eigenvalue weighted by Gasteiger charge is 2.08. The third-order valence-corrected chi connectivity index (χ3v) is 2.83. The van der Waals surface area contributed by atoms with Gasteiger partial charge in [0.15, 0.2) is 0 Å². The van der Waals surface area contributed by atoms with Crippen molar-refractivity contribution in [2.45, 2.75) is 46.6 Å². The van der Waals surface area contributed by atoms with Gasteiger partial charge in [0.05, 0.1) is 0 Å². The van der Waals surface area contributed by atoms with E-state index in [4.69, 9.17) is 5.84 Å². The van der Waals surface area contributed by atoms with Gasteiger partial charge in [-0.2, -0.15) is 0 Å². The number of aromatic nitrogens is 2. The number of aryl methyl sites for hydroxylation is 1. The van der Waals surface area contributed by atoms with Crippen LogP contribution in [0, 0.1) is 12.8 Å². The van der Waals surface area contributed by atoms with Gasteiger partial charge in [-0.15, -0.1) is 0 Å². The second kappa shape index (κ2) is 6.39. The van der Waals surface area contributed by atoms with Crippen LogP contribution in [0.15, 0.2) is 6.07 Å². The maximum absolute atomic E-state index is 5.35. The van der Waals surface area contributed by atoms with Gasteiger partial charge in [0.25, 0.3) is 0 Å². The molecule has 5 heteroatoms. The lowest BCUT2D eigenvalue weighted by Crippen LogP contribution is -2.20. The fourth-order valence-corrected chi connectivity index (χ4v) is 1.80. The molecule has 0 saturated heterocycles. The molecule has 1 aromatic heterocycles. The molecule has 17 heavy (non-hydrogen) atoms. The highest BCUT2D eigenvalue weighted by molar-refractivity contribution is 5.47. The smallest absolute Gasteiger partial charge is 0.145 e. The van der Waals surface area contributed by atoms with Crippen molar-refractivity contribution < 1.29 is 0 Å². The van der Waals surface area contributed by atoms with Crippen LogP contribution in [-0.4, -0.2) is 16.0 Å². The molecule has 0 aliphatic carbocycles. The zero-order valence-corrected chi connectivity index (χ0v) is 11.1. The first-order valence-electron chi connectivity index (χ1n) is 6.14. The van der Waals surface area contributed by atoms with E-state index < -0.39 is 0 Å². The molecule has 0 aliphatic rings. The average Bonchev–Trinajstić information content (AvgIpc) is 2.27. The number of nitrogens with zero attached hydrogens (tertiary/aromatic N) is 2. The summed E-state index contributed by atoms with van der Waals surface area (Å²) in [4.78, 5) is 8.49. The Hall–Kier alpha value is -1.36. The minimum atomic E-state index is 0.393. The third kappa shape index (κ3) is 4.56. The Labute approximate surface area is 103 Å². The van der Waals surface area contributed by atoms with Crippen LogP contribution in [0.1, 0.15) is 39.4 Å². The van der Waals surface area contributed by atoms with Crippen LogP contribution in [0.3, 0.4) is 0 Å². The van der Waals surface area contributed by atoms with Gasteiger partial charge in [0.1, 0.15) is 17.5 Å². The minimum absolute atomic E-state index is 0.393. The first-order chi connectivity index (χ1) is 8.05. The van der Waals surface area contributed by atoms with Crippen molar-refractivity contribution in [2.75, 3.05) is 10.7 Å². The van der Waals surface area contributed by atoms with Crippen LogP contribution in [0.5, 0.6) is 0 Å². The van der Waals surface area contributed by atoms with Crippen LogP contribution < -0.4 is 16.6 Å². The molecule has 2 unspecified atom stereocenters. The molecule has 1 heterocycles. The Bertz CT molecular complexity index is 353. The topological polar surface area (TPSA) is 75.9 Å². The van der Waals surface area contributed by atoms with Crippen LogP contribution in [-0.2, 0) is 0 Å². The number of rotatable bonds is 6. The fraction of sp³-hybridized carbons (Fsp3) is 0.667. The standard InChI is InChI=1S/C12H23N5/c1-5-8(2)6-9(3)14-11-7-12(17-13)16-10(4)15-11/h7-9H,5-6,13H2,1-4H3,(H2,14,15,16,17). The quantitative estimate of drug-likeness (QED) is 0.523. The van der Waals surface area contributed by atoms with E-state index in [9.17, 15) is 0 Å². The lowest BCUT2D eigenvalue weighted by atomic mass is 10.0. The number of nitrogens with two attached hydrogens (primary N) is 1. The Morgan fingerprint density at radius 3 is 2.53 bits per heavy atom. The molecular formula is C12H23N5. The van der Waals surface area contributed by atoms with Gasteiger partial charge in [-0.3, -0.25) is 0 Å². The lowest BCUT2D eigenvalue weighted by molar-refractivity contribution is 0.483. The second-order valence-corrected chi connectivity index (χ2v) is 4.62. The molecule has 0 radical (unpaired) electrons. The normalized spacial score (nSPS) is 14.2. The van der Waals surface area contributed by atoms with E-state index >= 15 is 0 Å². The van der Waals surface area contributed by atoms with Gasteiger partial charge in [0, 0.05) is 12.1 Å². The zero-order valence-electron chi connectivity index (χ0n) is 11.1. The maximum Gasteiger partial charge on any atom is 0.145 e. The Balaban J connectivity index is 2.64. The summed E-state index contributed by atoms with van der Waals surface area (Å²) in [7, 11) is 0. The van der Waals surface area contributed by atoms with Crippen molar-refractivity contribution >= 4 is 11.6 Å². The van der Waals surface area contributed by atoms with Crippen molar-refractivity contribution in [1.29, 1.82) is 0 Å². The Kier molecular flexibility index (Phi) is 5.15. The SMILES string of the molecule is CCC(C)CC(C)Nc1cc(NN)nc(C)n1. The number of hydrazine groups is 1. The summed E-state index contributed by atoms with van der Waals surface area (Å²) in [5.41, 5.74) is 2.54. The molecule has 96 valence electrons. The molecule has 0 spiro atoms. The number of hydrogen-bond acceptors (Lipinski definition) is 5. The molecule has 0 fully saturated rings. The van der Waals surface area contributed by atoms with Crippen LogP contribution in [0.25, 0.3) is 0 Å². The molecular weight excluding hydrogens is 214 g/mol. The van der Waals surface area contributed by atoms with Gasteiger partial charge in [-0.1, -0.05) is 20.3 Å². The largest absolute Gasteiger partial charge is 0.367 e. The number of nitrogen functional groups attached to an aromatic ring is 1. The predicted molar refractivity (Wildman–Crippen MR) is 71.7 cm³/mol. The van der Waals surface area contributed by atoms with Crippen LogP contribution >= 0.6 is 0 Å². The third-order valence-electron chi connectivity index (χ3n) is 2.83. The highest BCUT2D eigenvalue weighted by Crippen LogP contribution is 2.15. The van der Waals surface area contributed by atoms with Crippen molar-refractivity contribution in [3.05, 3.63) is 11.9 Å². The van der Waals surface area contributed by atoms with E-state index in [0.717, 1.165) is 12.2 Å². The summed E-state index contributed by atoms with van der Waals surface area (Å²) in [6, 6.07) is 2.21. The highest BCUT2D eigenvalue weighted by atomic mass is 15.3. The molecule has 0 aromatic carbocycles. The van der Waals surface area contributed by atoms with Gasteiger partial charge >= 0.3 is 0 Å². The Morgan fingerprint density at radius 1 is 1.29 bits per heavy atom. The molecule has 5 nitrogen and oxygen atoms in total. The van der Waals surface area contributed by atoms with Crippen LogP contribution in [0.4, 0.5) is 11.6 Å². The van der Waals surface area contributed by atoms with Gasteiger partial charge in [-0.25, -0.2) is 15.8 Å².